The van der Waals surface area contributed by atoms with Crippen LogP contribution < -0.4 is 10.9 Å². The van der Waals surface area contributed by atoms with Gasteiger partial charge in [0.15, 0.2) is 5.76 Å². The molecule has 0 atom stereocenters. The first kappa shape index (κ1) is 22.9. The maximum absolute atomic E-state index is 12.6. The number of hydrogen-bond acceptors (Lipinski definition) is 6. The molecule has 0 unspecified atom stereocenters. The summed E-state index contributed by atoms with van der Waals surface area (Å²) in [7, 11) is -2.54. The third-order valence-corrected chi connectivity index (χ3v) is 7.00. The van der Waals surface area contributed by atoms with Crippen LogP contribution in [0.25, 0.3) is 11.0 Å². The molecule has 3 rings (SSSR count). The third kappa shape index (κ3) is 5.09. The quantitative estimate of drug-likeness (QED) is 0.524. The predicted molar refractivity (Wildman–Crippen MR) is 120 cm³/mol. The summed E-state index contributed by atoms with van der Waals surface area (Å²) in [5, 5.41) is 0.831. The molecular formula is C21H23N3O5S2. The first-order chi connectivity index (χ1) is 14.7. The molecule has 0 aliphatic rings. The van der Waals surface area contributed by atoms with Gasteiger partial charge in [-0.2, -0.15) is 16.1 Å². The number of fused-ring (bicyclic) bond motifs is 1. The van der Waals surface area contributed by atoms with Gasteiger partial charge in [-0.1, -0.05) is 35.9 Å². The highest BCUT2D eigenvalue weighted by Crippen LogP contribution is 2.28. The molecule has 1 aromatic heterocycles. The Bertz CT molecular complexity index is 1200. The molecule has 0 bridgehead atoms. The highest BCUT2D eigenvalue weighted by atomic mass is 32.2. The summed E-state index contributed by atoms with van der Waals surface area (Å²) in [6.45, 7) is 1.39. The van der Waals surface area contributed by atoms with Gasteiger partial charge in [-0.3, -0.25) is 20.4 Å². The highest BCUT2D eigenvalue weighted by molar-refractivity contribution is 7.97. The van der Waals surface area contributed by atoms with Gasteiger partial charge in [-0.15, -0.1) is 0 Å². The molecule has 2 N–H and O–H groups in total. The minimum absolute atomic E-state index is 0.0846. The Balaban J connectivity index is 1.65. The molecule has 3 aromatic rings. The van der Waals surface area contributed by atoms with Crippen molar-refractivity contribution in [2.75, 3.05) is 19.8 Å². The molecule has 31 heavy (non-hydrogen) atoms. The van der Waals surface area contributed by atoms with Gasteiger partial charge in [-0.05, 0) is 31.4 Å². The van der Waals surface area contributed by atoms with Gasteiger partial charge in [0.2, 0.25) is 10.0 Å². The van der Waals surface area contributed by atoms with Crippen LogP contribution in [-0.2, 0) is 20.6 Å². The number of furan rings is 1. The molecule has 2 aromatic carbocycles. The van der Waals surface area contributed by atoms with E-state index in [0.717, 1.165) is 20.8 Å². The maximum Gasteiger partial charge on any atom is 0.305 e. The monoisotopic (exact) mass is 461 g/mol. The average Bonchev–Trinajstić information content (AvgIpc) is 3.11. The number of sulfonamides is 1. The van der Waals surface area contributed by atoms with Crippen LogP contribution in [0.2, 0.25) is 0 Å². The van der Waals surface area contributed by atoms with Crippen molar-refractivity contribution in [2.24, 2.45) is 0 Å². The summed E-state index contributed by atoms with van der Waals surface area (Å²) in [5.74, 6) is -0.631. The number of rotatable bonds is 7. The molecule has 0 aliphatic heterocycles. The van der Waals surface area contributed by atoms with E-state index in [1.165, 1.54) is 30.9 Å². The fraction of sp³-hybridized carbons (Fsp3) is 0.238. The standard InChI is InChI=1S/C21H23N3O5S2/c1-14-8-10-15(11-9-14)31(27,28)24(2)12-19(25)22-23-21(26)20-17(13-30-3)16-6-4-5-7-18(16)29-20/h4-11H,12-13H2,1-3H3,(H,22,25)(H,23,26). The third-order valence-electron chi connectivity index (χ3n) is 4.60. The molecule has 0 saturated carbocycles. The van der Waals surface area contributed by atoms with Crippen molar-refractivity contribution in [3.05, 3.63) is 65.4 Å². The molecule has 0 aliphatic carbocycles. The summed E-state index contributed by atoms with van der Waals surface area (Å²) in [4.78, 5) is 24.9. The molecule has 0 spiro atoms. The molecule has 164 valence electrons. The van der Waals surface area contributed by atoms with Crippen molar-refractivity contribution >= 4 is 44.6 Å². The zero-order chi connectivity index (χ0) is 22.6. The zero-order valence-corrected chi connectivity index (χ0v) is 19.0. The van der Waals surface area contributed by atoms with Crippen LogP contribution in [0, 0.1) is 6.92 Å². The molecular weight excluding hydrogens is 438 g/mol. The number of likely N-dealkylation sites (N-methyl/N-ethyl adjacent to an activating group) is 1. The summed E-state index contributed by atoms with van der Waals surface area (Å²) >= 11 is 1.54. The fourth-order valence-corrected chi connectivity index (χ4v) is 4.67. The van der Waals surface area contributed by atoms with Gasteiger partial charge in [0.1, 0.15) is 5.58 Å². The Labute approximate surface area is 185 Å². The van der Waals surface area contributed by atoms with E-state index in [1.54, 1.807) is 18.2 Å². The molecule has 10 heteroatoms. The topological polar surface area (TPSA) is 109 Å². The Morgan fingerprint density at radius 1 is 1.06 bits per heavy atom. The van der Waals surface area contributed by atoms with Crippen LogP contribution in [0.5, 0.6) is 0 Å². The maximum atomic E-state index is 12.6. The van der Waals surface area contributed by atoms with Crippen LogP contribution >= 0.6 is 11.8 Å². The lowest BCUT2D eigenvalue weighted by atomic mass is 10.1. The number of thioether (sulfide) groups is 1. The predicted octanol–water partition coefficient (Wildman–Crippen LogP) is 2.69. The van der Waals surface area contributed by atoms with E-state index in [9.17, 15) is 18.0 Å². The lowest BCUT2D eigenvalue weighted by molar-refractivity contribution is -0.121. The lowest BCUT2D eigenvalue weighted by Crippen LogP contribution is -2.46. The van der Waals surface area contributed by atoms with Crippen molar-refractivity contribution in [3.63, 3.8) is 0 Å². The Morgan fingerprint density at radius 3 is 2.42 bits per heavy atom. The number of carbonyl (C=O) groups is 2. The number of aryl methyl sites for hydroxylation is 1. The van der Waals surface area contributed by atoms with Gasteiger partial charge >= 0.3 is 5.91 Å². The SMILES string of the molecule is CSCc1c(C(=O)NNC(=O)CN(C)S(=O)(=O)c2ccc(C)cc2)oc2ccccc12. The molecule has 1 heterocycles. The number of hydrazine groups is 1. The number of carbonyl (C=O) groups excluding carboxylic acids is 2. The van der Waals surface area contributed by atoms with Crippen molar-refractivity contribution in [2.45, 2.75) is 17.6 Å². The van der Waals surface area contributed by atoms with E-state index in [-0.39, 0.29) is 10.7 Å². The van der Waals surface area contributed by atoms with Gasteiger partial charge in [0.25, 0.3) is 5.91 Å². The first-order valence-corrected chi connectivity index (χ1v) is 12.2. The van der Waals surface area contributed by atoms with Crippen molar-refractivity contribution in [1.82, 2.24) is 15.2 Å². The van der Waals surface area contributed by atoms with E-state index in [2.05, 4.69) is 10.9 Å². The summed E-state index contributed by atoms with van der Waals surface area (Å²) in [6.07, 6.45) is 1.91. The molecule has 0 saturated heterocycles. The second kappa shape index (κ2) is 9.54. The Morgan fingerprint density at radius 2 is 1.74 bits per heavy atom. The van der Waals surface area contributed by atoms with Gasteiger partial charge in [-0.25, -0.2) is 8.42 Å². The number of nitrogens with zero attached hydrogens (tertiary/aromatic N) is 1. The van der Waals surface area contributed by atoms with E-state index in [4.69, 9.17) is 4.42 Å². The Kier molecular flexibility index (Phi) is 7.04. The number of nitrogens with one attached hydrogen (secondary N) is 2. The van der Waals surface area contributed by atoms with E-state index in [1.807, 2.05) is 31.4 Å². The van der Waals surface area contributed by atoms with Gasteiger partial charge < -0.3 is 4.42 Å². The smallest absolute Gasteiger partial charge is 0.305 e. The summed E-state index contributed by atoms with van der Waals surface area (Å²) in [5.41, 5.74) is 6.78. The highest BCUT2D eigenvalue weighted by Gasteiger charge is 2.24. The van der Waals surface area contributed by atoms with Crippen molar-refractivity contribution in [3.8, 4) is 0 Å². The largest absolute Gasteiger partial charge is 0.451 e. The lowest BCUT2D eigenvalue weighted by Gasteiger charge is -2.17. The second-order valence-electron chi connectivity index (χ2n) is 6.92. The number of amides is 2. The molecule has 2 amide bonds. The van der Waals surface area contributed by atoms with Crippen LogP contribution in [0.15, 0.2) is 57.8 Å². The van der Waals surface area contributed by atoms with Crippen molar-refractivity contribution in [1.29, 1.82) is 0 Å². The summed E-state index contributed by atoms with van der Waals surface area (Å²) in [6, 6.07) is 13.6. The van der Waals surface area contributed by atoms with Crippen LogP contribution in [0.3, 0.4) is 0 Å². The fourth-order valence-electron chi connectivity index (χ4n) is 2.97. The molecule has 0 radical (unpaired) electrons. The van der Waals surface area contributed by atoms with E-state index >= 15 is 0 Å². The van der Waals surface area contributed by atoms with Gasteiger partial charge in [0.05, 0.1) is 11.4 Å². The number of para-hydroxylation sites is 1. The van der Waals surface area contributed by atoms with E-state index < -0.39 is 28.4 Å². The average molecular weight is 462 g/mol. The van der Waals surface area contributed by atoms with Crippen molar-refractivity contribution < 1.29 is 22.4 Å². The minimum Gasteiger partial charge on any atom is -0.451 e. The zero-order valence-electron chi connectivity index (χ0n) is 17.3. The number of hydrogen-bond donors (Lipinski definition) is 2. The van der Waals surface area contributed by atoms with Gasteiger partial charge in [0, 0.05) is 23.8 Å². The number of benzene rings is 2. The van der Waals surface area contributed by atoms with E-state index in [0.29, 0.717) is 11.3 Å². The molecule has 0 fully saturated rings. The Hall–Kier alpha value is -2.82. The van der Waals surface area contributed by atoms with Crippen LogP contribution in [-0.4, -0.2) is 44.4 Å². The van der Waals surface area contributed by atoms with Crippen LogP contribution in [0.1, 0.15) is 21.7 Å². The first-order valence-electron chi connectivity index (χ1n) is 9.35. The summed E-state index contributed by atoms with van der Waals surface area (Å²) < 4.78 is 31.8. The minimum atomic E-state index is -3.83. The molecule has 8 nitrogen and oxygen atoms in total. The van der Waals surface area contributed by atoms with Crippen LogP contribution in [0.4, 0.5) is 0 Å². The second-order valence-corrected chi connectivity index (χ2v) is 9.83. The normalized spacial score (nSPS) is 11.6.